The molecule has 1 N–H and O–H groups in total. The Bertz CT molecular complexity index is 904. The van der Waals surface area contributed by atoms with Crippen LogP contribution in [0.4, 0.5) is 10.5 Å². The van der Waals surface area contributed by atoms with Crippen LogP contribution in [-0.2, 0) is 9.47 Å². The number of carbonyl (C=O) groups is 2. The molecule has 0 aliphatic carbocycles. The molecule has 0 bridgehead atoms. The third-order valence-electron chi connectivity index (χ3n) is 4.75. The van der Waals surface area contributed by atoms with E-state index in [1.807, 2.05) is 65.0 Å². The Morgan fingerprint density at radius 1 is 1.10 bits per heavy atom. The standard InChI is InChI=1S/C24H30N2O5/c1-23(2,3)31-22(28)26-19(16-30-24(26,4)5)15-29-20-13-11-17(12-14-20)21(27)25-18-9-7-6-8-10-18/h6-14,19H,15-16H2,1-5H3,(H,25,27)/t19-/m0/s1. The smallest absolute Gasteiger partial charge is 0.413 e. The van der Waals surface area contributed by atoms with Gasteiger partial charge < -0.3 is 19.5 Å². The second kappa shape index (κ2) is 8.98. The zero-order valence-corrected chi connectivity index (χ0v) is 18.7. The highest BCUT2D eigenvalue weighted by Gasteiger charge is 2.46. The second-order valence-electron chi connectivity index (χ2n) is 8.92. The Labute approximate surface area is 183 Å². The van der Waals surface area contributed by atoms with Gasteiger partial charge in [-0.1, -0.05) is 18.2 Å². The average Bonchev–Trinajstić information content (AvgIpc) is 3.00. The minimum Gasteiger partial charge on any atom is -0.491 e. The molecule has 0 unspecified atom stereocenters. The largest absolute Gasteiger partial charge is 0.491 e. The lowest BCUT2D eigenvalue weighted by Crippen LogP contribution is -2.51. The topological polar surface area (TPSA) is 77.1 Å². The summed E-state index contributed by atoms with van der Waals surface area (Å²) in [4.78, 5) is 26.6. The molecule has 2 aromatic carbocycles. The van der Waals surface area contributed by atoms with Gasteiger partial charge in [-0.3, -0.25) is 9.69 Å². The van der Waals surface area contributed by atoms with Gasteiger partial charge in [0.2, 0.25) is 0 Å². The SMILES string of the molecule is CC(C)(C)OC(=O)N1[C@@H](COc2ccc(C(=O)Nc3ccccc3)cc2)COC1(C)C. The molecule has 7 heteroatoms. The molecule has 2 aromatic rings. The number of nitrogens with zero attached hydrogens (tertiary/aromatic N) is 1. The first-order chi connectivity index (χ1) is 14.5. The summed E-state index contributed by atoms with van der Waals surface area (Å²) in [5.74, 6) is 0.407. The van der Waals surface area contributed by atoms with Crippen molar-refractivity contribution in [1.82, 2.24) is 4.90 Å². The van der Waals surface area contributed by atoms with Crippen LogP contribution < -0.4 is 10.1 Å². The lowest BCUT2D eigenvalue weighted by atomic mass is 10.2. The summed E-state index contributed by atoms with van der Waals surface area (Å²) >= 11 is 0. The number of anilines is 1. The third kappa shape index (κ3) is 5.98. The van der Waals surface area contributed by atoms with E-state index in [0.29, 0.717) is 17.9 Å². The van der Waals surface area contributed by atoms with Crippen molar-refractivity contribution in [3.63, 3.8) is 0 Å². The van der Waals surface area contributed by atoms with Gasteiger partial charge in [0.15, 0.2) is 0 Å². The molecule has 1 aliphatic rings. The first-order valence-electron chi connectivity index (χ1n) is 10.3. The molecule has 1 atom stereocenters. The van der Waals surface area contributed by atoms with Gasteiger partial charge in [-0.05, 0) is 71.0 Å². The van der Waals surface area contributed by atoms with Crippen LogP contribution in [0.15, 0.2) is 54.6 Å². The molecule has 1 saturated heterocycles. The van der Waals surface area contributed by atoms with E-state index in [1.54, 1.807) is 29.2 Å². The second-order valence-corrected chi connectivity index (χ2v) is 8.92. The van der Waals surface area contributed by atoms with E-state index in [1.165, 1.54) is 0 Å². The Morgan fingerprint density at radius 3 is 2.35 bits per heavy atom. The fourth-order valence-corrected chi connectivity index (χ4v) is 3.31. The average molecular weight is 427 g/mol. The summed E-state index contributed by atoms with van der Waals surface area (Å²) in [6, 6.07) is 15.9. The molecule has 31 heavy (non-hydrogen) atoms. The molecule has 0 radical (unpaired) electrons. The maximum atomic E-state index is 12.7. The van der Waals surface area contributed by atoms with Crippen molar-refractivity contribution < 1.29 is 23.8 Å². The van der Waals surface area contributed by atoms with Gasteiger partial charge in [-0.15, -0.1) is 0 Å². The maximum Gasteiger partial charge on any atom is 0.413 e. The van der Waals surface area contributed by atoms with E-state index in [0.717, 1.165) is 5.69 Å². The van der Waals surface area contributed by atoms with Crippen LogP contribution in [0.2, 0.25) is 0 Å². The Morgan fingerprint density at radius 2 is 1.74 bits per heavy atom. The van der Waals surface area contributed by atoms with Crippen molar-refractivity contribution in [2.24, 2.45) is 0 Å². The molecule has 1 heterocycles. The molecule has 1 aliphatic heterocycles. The summed E-state index contributed by atoms with van der Waals surface area (Å²) in [5, 5.41) is 2.85. The van der Waals surface area contributed by atoms with Crippen LogP contribution >= 0.6 is 0 Å². The minimum absolute atomic E-state index is 0.195. The van der Waals surface area contributed by atoms with Gasteiger partial charge in [0.25, 0.3) is 5.91 Å². The summed E-state index contributed by atoms with van der Waals surface area (Å²) in [6.07, 6.45) is -0.434. The molecule has 0 spiro atoms. The van der Waals surface area contributed by atoms with Crippen LogP contribution in [0.3, 0.4) is 0 Å². The van der Waals surface area contributed by atoms with Crippen molar-refractivity contribution in [3.8, 4) is 5.75 Å². The molecule has 166 valence electrons. The van der Waals surface area contributed by atoms with Crippen LogP contribution in [0.5, 0.6) is 5.75 Å². The van der Waals surface area contributed by atoms with E-state index in [9.17, 15) is 9.59 Å². The highest BCUT2D eigenvalue weighted by Crippen LogP contribution is 2.30. The van der Waals surface area contributed by atoms with E-state index in [4.69, 9.17) is 14.2 Å². The highest BCUT2D eigenvalue weighted by molar-refractivity contribution is 6.04. The Hall–Kier alpha value is -3.06. The lowest BCUT2D eigenvalue weighted by Gasteiger charge is -2.35. The monoisotopic (exact) mass is 426 g/mol. The Balaban J connectivity index is 1.60. The number of carbonyl (C=O) groups excluding carboxylic acids is 2. The van der Waals surface area contributed by atoms with Crippen LogP contribution in [-0.4, -0.2) is 47.5 Å². The van der Waals surface area contributed by atoms with Crippen molar-refractivity contribution >= 4 is 17.7 Å². The fraction of sp³-hybridized carbons (Fsp3) is 0.417. The van der Waals surface area contributed by atoms with Crippen LogP contribution in [0.1, 0.15) is 45.0 Å². The minimum atomic E-state index is -0.782. The number of hydrogen-bond donors (Lipinski definition) is 1. The Kier molecular flexibility index (Phi) is 6.55. The number of rotatable bonds is 5. The molecule has 7 nitrogen and oxygen atoms in total. The molecular formula is C24H30N2O5. The number of ether oxygens (including phenoxy) is 3. The molecule has 0 aromatic heterocycles. The molecule has 3 rings (SSSR count). The summed E-state index contributed by atoms with van der Waals surface area (Å²) in [7, 11) is 0. The summed E-state index contributed by atoms with van der Waals surface area (Å²) in [6.45, 7) is 9.75. The number of amides is 2. The molecule has 2 amide bonds. The molecular weight excluding hydrogens is 396 g/mol. The van der Waals surface area contributed by atoms with E-state index in [-0.39, 0.29) is 18.6 Å². The zero-order chi connectivity index (χ0) is 22.6. The first-order valence-corrected chi connectivity index (χ1v) is 10.3. The van der Waals surface area contributed by atoms with Crippen LogP contribution in [0.25, 0.3) is 0 Å². The normalized spacial score (nSPS) is 17.8. The van der Waals surface area contributed by atoms with Crippen molar-refractivity contribution in [2.75, 3.05) is 18.5 Å². The first kappa shape index (κ1) is 22.6. The van der Waals surface area contributed by atoms with E-state index in [2.05, 4.69) is 5.32 Å². The number of benzene rings is 2. The van der Waals surface area contributed by atoms with Gasteiger partial charge in [-0.2, -0.15) is 0 Å². The number of hydrogen-bond acceptors (Lipinski definition) is 5. The van der Waals surface area contributed by atoms with Crippen molar-refractivity contribution in [1.29, 1.82) is 0 Å². The maximum absolute atomic E-state index is 12.7. The van der Waals surface area contributed by atoms with E-state index >= 15 is 0 Å². The van der Waals surface area contributed by atoms with Crippen LogP contribution in [0, 0.1) is 0 Å². The fourth-order valence-electron chi connectivity index (χ4n) is 3.31. The molecule has 1 fully saturated rings. The van der Waals surface area contributed by atoms with Crippen molar-refractivity contribution in [2.45, 2.75) is 52.0 Å². The van der Waals surface area contributed by atoms with E-state index < -0.39 is 17.4 Å². The van der Waals surface area contributed by atoms with Gasteiger partial charge in [0, 0.05) is 11.3 Å². The van der Waals surface area contributed by atoms with Gasteiger partial charge in [0.05, 0.1) is 12.6 Å². The van der Waals surface area contributed by atoms with Gasteiger partial charge in [0.1, 0.15) is 23.7 Å². The third-order valence-corrected chi connectivity index (χ3v) is 4.75. The van der Waals surface area contributed by atoms with Crippen molar-refractivity contribution in [3.05, 3.63) is 60.2 Å². The summed E-state index contributed by atoms with van der Waals surface area (Å²) < 4.78 is 17.2. The number of nitrogens with one attached hydrogen (secondary N) is 1. The predicted molar refractivity (Wildman–Crippen MR) is 118 cm³/mol. The molecule has 0 saturated carbocycles. The van der Waals surface area contributed by atoms with Gasteiger partial charge >= 0.3 is 6.09 Å². The summed E-state index contributed by atoms with van der Waals surface area (Å²) in [5.41, 5.74) is -0.122. The number of para-hydroxylation sites is 1. The highest BCUT2D eigenvalue weighted by atomic mass is 16.6. The lowest BCUT2D eigenvalue weighted by molar-refractivity contribution is -0.0637. The quantitative estimate of drug-likeness (QED) is 0.751. The van der Waals surface area contributed by atoms with Gasteiger partial charge in [-0.25, -0.2) is 4.79 Å². The predicted octanol–water partition coefficient (Wildman–Crippen LogP) is 4.69. The zero-order valence-electron chi connectivity index (χ0n) is 18.7.